The van der Waals surface area contributed by atoms with Crippen molar-refractivity contribution in [2.45, 2.75) is 33.1 Å². The van der Waals surface area contributed by atoms with Crippen molar-refractivity contribution in [3.8, 4) is 0 Å². The Labute approximate surface area is 109 Å². The van der Waals surface area contributed by atoms with E-state index in [2.05, 4.69) is 43.2 Å². The van der Waals surface area contributed by atoms with Crippen molar-refractivity contribution in [2.75, 3.05) is 23.8 Å². The lowest BCUT2D eigenvalue weighted by Crippen LogP contribution is -2.21. The Morgan fingerprint density at radius 1 is 1.39 bits per heavy atom. The molecule has 3 nitrogen and oxygen atoms in total. The molecule has 0 saturated carbocycles. The second kappa shape index (κ2) is 5.42. The fraction of sp³-hybridized carbons (Fsp3) is 0.533. The van der Waals surface area contributed by atoms with Gasteiger partial charge in [-0.05, 0) is 37.0 Å². The first-order valence-corrected chi connectivity index (χ1v) is 6.80. The third kappa shape index (κ3) is 2.50. The maximum absolute atomic E-state index is 12.0. The molecule has 2 rings (SSSR count). The van der Waals surface area contributed by atoms with Crippen molar-refractivity contribution in [2.24, 2.45) is 5.92 Å². The second-order valence-electron chi connectivity index (χ2n) is 5.02. The molecule has 0 fully saturated rings. The van der Waals surface area contributed by atoms with Gasteiger partial charge in [-0.1, -0.05) is 19.9 Å². The van der Waals surface area contributed by atoms with Gasteiger partial charge in [-0.25, -0.2) is 0 Å². The minimum atomic E-state index is 0.121. The van der Waals surface area contributed by atoms with Crippen LogP contribution in [0.2, 0.25) is 0 Å². The number of benzene rings is 1. The van der Waals surface area contributed by atoms with Crippen LogP contribution in [0, 0.1) is 5.92 Å². The van der Waals surface area contributed by atoms with Crippen molar-refractivity contribution in [1.29, 1.82) is 0 Å². The number of likely N-dealkylation sites (N-methyl/N-ethyl adjacent to an activating group) is 1. The van der Waals surface area contributed by atoms with Gasteiger partial charge in [-0.15, -0.1) is 0 Å². The summed E-state index contributed by atoms with van der Waals surface area (Å²) < 4.78 is 0. The topological polar surface area (TPSA) is 32.3 Å². The number of fused-ring (bicyclic) bond motifs is 1. The summed E-state index contributed by atoms with van der Waals surface area (Å²) in [5, 5.41) is 3.03. The smallest absolute Gasteiger partial charge is 0.227 e. The van der Waals surface area contributed by atoms with E-state index in [0.29, 0.717) is 0 Å². The van der Waals surface area contributed by atoms with Gasteiger partial charge in [0.05, 0.1) is 0 Å². The molecule has 1 N–H and O–H groups in total. The van der Waals surface area contributed by atoms with Crippen LogP contribution in [0.15, 0.2) is 18.2 Å². The average molecular weight is 246 g/mol. The number of rotatable bonds is 4. The first kappa shape index (κ1) is 12.9. The van der Waals surface area contributed by atoms with E-state index in [1.54, 1.807) is 0 Å². The molecule has 1 aliphatic heterocycles. The van der Waals surface area contributed by atoms with Crippen LogP contribution in [0.25, 0.3) is 0 Å². The summed E-state index contributed by atoms with van der Waals surface area (Å²) in [6.07, 6.45) is 2.90. The Morgan fingerprint density at radius 2 is 2.11 bits per heavy atom. The first-order chi connectivity index (χ1) is 8.65. The number of carbonyl (C=O) groups is 1. The van der Waals surface area contributed by atoms with E-state index < -0.39 is 0 Å². The van der Waals surface area contributed by atoms with Crippen molar-refractivity contribution in [3.05, 3.63) is 23.8 Å². The number of amides is 1. The molecule has 0 atom stereocenters. The van der Waals surface area contributed by atoms with Gasteiger partial charge in [0, 0.05) is 30.9 Å². The van der Waals surface area contributed by atoms with E-state index in [1.807, 2.05) is 6.07 Å². The van der Waals surface area contributed by atoms with Crippen LogP contribution in [-0.4, -0.2) is 19.5 Å². The lowest BCUT2D eigenvalue weighted by atomic mass is 10.0. The molecule has 0 unspecified atom stereocenters. The van der Waals surface area contributed by atoms with E-state index in [0.717, 1.165) is 31.5 Å². The maximum atomic E-state index is 12.0. The molecule has 0 bridgehead atoms. The normalized spacial score (nSPS) is 13.9. The molecule has 0 aliphatic carbocycles. The number of hydrogen-bond acceptors (Lipinski definition) is 2. The Hall–Kier alpha value is -1.51. The number of nitrogens with one attached hydrogen (secondary N) is 1. The zero-order valence-electron chi connectivity index (χ0n) is 11.5. The van der Waals surface area contributed by atoms with Crippen molar-refractivity contribution >= 4 is 17.3 Å². The number of nitrogens with zero attached hydrogens (tertiary/aromatic N) is 1. The van der Waals surface area contributed by atoms with Gasteiger partial charge < -0.3 is 10.2 Å². The molecule has 0 radical (unpaired) electrons. The van der Waals surface area contributed by atoms with E-state index in [1.165, 1.54) is 11.3 Å². The van der Waals surface area contributed by atoms with Gasteiger partial charge in [0.15, 0.2) is 0 Å². The predicted molar refractivity (Wildman–Crippen MR) is 76.1 cm³/mol. The molecular formula is C15H22N2O. The SMILES string of the molecule is CCC(CC)C(=O)Nc1ccc2c(c1)N(C)CC2. The Kier molecular flexibility index (Phi) is 3.90. The van der Waals surface area contributed by atoms with E-state index >= 15 is 0 Å². The zero-order valence-corrected chi connectivity index (χ0v) is 11.5. The van der Waals surface area contributed by atoms with Crippen LogP contribution in [-0.2, 0) is 11.2 Å². The summed E-state index contributed by atoms with van der Waals surface area (Å²) in [7, 11) is 2.10. The average Bonchev–Trinajstić information content (AvgIpc) is 2.73. The fourth-order valence-corrected chi connectivity index (χ4v) is 2.52. The van der Waals surface area contributed by atoms with E-state index in [9.17, 15) is 4.79 Å². The summed E-state index contributed by atoms with van der Waals surface area (Å²) in [6.45, 7) is 5.19. The van der Waals surface area contributed by atoms with Crippen LogP contribution in [0.1, 0.15) is 32.3 Å². The highest BCUT2D eigenvalue weighted by atomic mass is 16.1. The Balaban J connectivity index is 2.11. The van der Waals surface area contributed by atoms with Gasteiger partial charge >= 0.3 is 0 Å². The Morgan fingerprint density at radius 3 is 2.78 bits per heavy atom. The highest BCUT2D eigenvalue weighted by Gasteiger charge is 2.18. The van der Waals surface area contributed by atoms with Crippen molar-refractivity contribution in [1.82, 2.24) is 0 Å². The number of anilines is 2. The predicted octanol–water partition coefficient (Wildman–Crippen LogP) is 3.05. The van der Waals surface area contributed by atoms with Gasteiger partial charge in [0.1, 0.15) is 0 Å². The van der Waals surface area contributed by atoms with Crippen LogP contribution >= 0.6 is 0 Å². The quantitative estimate of drug-likeness (QED) is 0.885. The van der Waals surface area contributed by atoms with Gasteiger partial charge in [0.25, 0.3) is 0 Å². The lowest BCUT2D eigenvalue weighted by molar-refractivity contribution is -0.120. The molecule has 1 aliphatic rings. The molecule has 1 aromatic carbocycles. The highest BCUT2D eigenvalue weighted by Crippen LogP contribution is 2.29. The van der Waals surface area contributed by atoms with Crippen molar-refractivity contribution in [3.63, 3.8) is 0 Å². The standard InChI is InChI=1S/C15H22N2O/c1-4-11(5-2)15(18)16-13-7-6-12-8-9-17(3)14(12)10-13/h6-7,10-11H,4-5,8-9H2,1-3H3,(H,16,18). The second-order valence-corrected chi connectivity index (χ2v) is 5.02. The summed E-state index contributed by atoms with van der Waals surface area (Å²) in [4.78, 5) is 14.3. The molecule has 1 heterocycles. The molecule has 1 amide bonds. The van der Waals surface area contributed by atoms with Crippen LogP contribution in [0.4, 0.5) is 11.4 Å². The third-order valence-electron chi connectivity index (χ3n) is 3.84. The molecule has 3 heteroatoms. The van der Waals surface area contributed by atoms with Crippen molar-refractivity contribution < 1.29 is 4.79 Å². The maximum Gasteiger partial charge on any atom is 0.227 e. The van der Waals surface area contributed by atoms with Crippen LogP contribution in [0.5, 0.6) is 0 Å². The molecule has 18 heavy (non-hydrogen) atoms. The monoisotopic (exact) mass is 246 g/mol. The summed E-state index contributed by atoms with van der Waals surface area (Å²) in [5.41, 5.74) is 3.54. The molecule has 0 aromatic heterocycles. The van der Waals surface area contributed by atoms with Gasteiger partial charge in [-0.3, -0.25) is 4.79 Å². The lowest BCUT2D eigenvalue weighted by Gasteiger charge is -2.16. The van der Waals surface area contributed by atoms with Crippen LogP contribution in [0.3, 0.4) is 0 Å². The van der Waals surface area contributed by atoms with E-state index in [-0.39, 0.29) is 11.8 Å². The zero-order chi connectivity index (χ0) is 13.1. The minimum Gasteiger partial charge on any atom is -0.374 e. The van der Waals surface area contributed by atoms with Gasteiger partial charge in [0.2, 0.25) is 5.91 Å². The summed E-state index contributed by atoms with van der Waals surface area (Å²) >= 11 is 0. The Bertz CT molecular complexity index is 438. The largest absolute Gasteiger partial charge is 0.374 e. The number of hydrogen-bond donors (Lipinski definition) is 1. The highest BCUT2D eigenvalue weighted by molar-refractivity contribution is 5.93. The first-order valence-electron chi connectivity index (χ1n) is 6.80. The molecule has 0 saturated heterocycles. The fourth-order valence-electron chi connectivity index (χ4n) is 2.52. The van der Waals surface area contributed by atoms with Gasteiger partial charge in [-0.2, -0.15) is 0 Å². The third-order valence-corrected chi connectivity index (χ3v) is 3.84. The number of carbonyl (C=O) groups excluding carboxylic acids is 1. The van der Waals surface area contributed by atoms with Crippen LogP contribution < -0.4 is 10.2 Å². The summed E-state index contributed by atoms with van der Waals surface area (Å²) in [5.74, 6) is 0.261. The molecule has 0 spiro atoms. The molecule has 98 valence electrons. The molecular weight excluding hydrogens is 224 g/mol. The minimum absolute atomic E-state index is 0.121. The summed E-state index contributed by atoms with van der Waals surface area (Å²) in [6, 6.07) is 6.22. The molecule has 1 aromatic rings. The van der Waals surface area contributed by atoms with E-state index in [4.69, 9.17) is 0 Å².